The number of rotatable bonds is 3. The van der Waals surface area contributed by atoms with Gasteiger partial charge >= 0.3 is 5.97 Å². The third kappa shape index (κ3) is 3.51. The number of anilines is 1. The molecule has 21 heavy (non-hydrogen) atoms. The van der Waals surface area contributed by atoms with E-state index in [1.807, 2.05) is 0 Å². The van der Waals surface area contributed by atoms with E-state index in [0.29, 0.717) is 11.3 Å². The molecule has 0 radical (unpaired) electrons. The molecule has 1 amide bonds. The summed E-state index contributed by atoms with van der Waals surface area (Å²) in [5.74, 6) is -1.47. The van der Waals surface area contributed by atoms with Gasteiger partial charge in [0.1, 0.15) is 5.15 Å². The zero-order valence-corrected chi connectivity index (χ0v) is 12.4. The molecule has 0 aliphatic carbocycles. The van der Waals surface area contributed by atoms with E-state index in [0.717, 1.165) is 0 Å². The van der Waals surface area contributed by atoms with Crippen molar-refractivity contribution in [3.8, 4) is 0 Å². The van der Waals surface area contributed by atoms with Crippen molar-refractivity contribution in [1.29, 1.82) is 0 Å². The van der Waals surface area contributed by atoms with Crippen LogP contribution in [-0.4, -0.2) is 22.0 Å². The minimum absolute atomic E-state index is 0.155. The first-order chi connectivity index (χ1) is 9.88. The number of benzene rings is 1. The molecular weight excluding hydrogens is 315 g/mol. The number of halogens is 2. The molecule has 0 bridgehead atoms. The molecule has 2 aromatic rings. The normalized spacial score (nSPS) is 10.2. The van der Waals surface area contributed by atoms with Gasteiger partial charge in [-0.15, -0.1) is 0 Å². The summed E-state index contributed by atoms with van der Waals surface area (Å²) in [6, 6.07) is 5.86. The van der Waals surface area contributed by atoms with Crippen molar-refractivity contribution >= 4 is 40.8 Å². The third-order valence-corrected chi connectivity index (χ3v) is 3.29. The van der Waals surface area contributed by atoms with Gasteiger partial charge in [0.25, 0.3) is 5.91 Å². The quantitative estimate of drug-likeness (QED) is 0.844. The minimum atomic E-state index is -1.02. The van der Waals surface area contributed by atoms with Crippen LogP contribution < -0.4 is 5.32 Å². The van der Waals surface area contributed by atoms with Crippen molar-refractivity contribution in [3.05, 3.63) is 57.3 Å². The highest BCUT2D eigenvalue weighted by atomic mass is 35.5. The summed E-state index contributed by atoms with van der Waals surface area (Å²) in [5.41, 5.74) is 1.38. The first-order valence-corrected chi connectivity index (χ1v) is 6.60. The van der Waals surface area contributed by atoms with Gasteiger partial charge < -0.3 is 10.4 Å². The second-order valence-electron chi connectivity index (χ2n) is 4.28. The van der Waals surface area contributed by atoms with Gasteiger partial charge in [0.2, 0.25) is 0 Å². The van der Waals surface area contributed by atoms with Crippen LogP contribution in [0.25, 0.3) is 0 Å². The van der Waals surface area contributed by atoms with Crippen molar-refractivity contribution < 1.29 is 14.7 Å². The second kappa shape index (κ2) is 6.11. The largest absolute Gasteiger partial charge is 0.478 e. The lowest BCUT2D eigenvalue weighted by Crippen LogP contribution is -2.13. The van der Waals surface area contributed by atoms with E-state index in [1.165, 1.54) is 24.4 Å². The topological polar surface area (TPSA) is 79.3 Å². The molecule has 0 aliphatic heterocycles. The summed E-state index contributed by atoms with van der Waals surface area (Å²) < 4.78 is 0. The van der Waals surface area contributed by atoms with E-state index in [9.17, 15) is 9.59 Å². The fraction of sp³-hybridized carbons (Fsp3) is 0.0714. The maximum Gasteiger partial charge on any atom is 0.335 e. The number of aryl methyl sites for hydroxylation is 1. The number of pyridine rings is 1. The lowest BCUT2D eigenvalue weighted by molar-refractivity contribution is 0.0696. The molecule has 0 atom stereocenters. The van der Waals surface area contributed by atoms with Gasteiger partial charge in [-0.1, -0.05) is 23.2 Å². The average molecular weight is 325 g/mol. The predicted molar refractivity (Wildman–Crippen MR) is 80.3 cm³/mol. The van der Waals surface area contributed by atoms with E-state index in [2.05, 4.69) is 10.3 Å². The number of hydrogen-bond acceptors (Lipinski definition) is 3. The zero-order valence-electron chi connectivity index (χ0n) is 10.9. The van der Waals surface area contributed by atoms with E-state index in [4.69, 9.17) is 28.3 Å². The molecular formula is C14H10Cl2N2O3. The van der Waals surface area contributed by atoms with Gasteiger partial charge in [0, 0.05) is 11.9 Å². The van der Waals surface area contributed by atoms with E-state index in [1.54, 1.807) is 13.0 Å². The zero-order chi connectivity index (χ0) is 15.6. The summed E-state index contributed by atoms with van der Waals surface area (Å²) in [6.45, 7) is 1.65. The maximum atomic E-state index is 12.1. The Morgan fingerprint density at radius 2 is 1.90 bits per heavy atom. The fourth-order valence-electron chi connectivity index (χ4n) is 1.77. The van der Waals surface area contributed by atoms with Crippen molar-refractivity contribution in [1.82, 2.24) is 4.98 Å². The minimum Gasteiger partial charge on any atom is -0.478 e. The number of nitrogens with zero attached hydrogens (tertiary/aromatic N) is 1. The number of carboxylic acid groups (broad SMARTS) is 1. The molecule has 1 heterocycles. The molecule has 2 N–H and O–H groups in total. The van der Waals surface area contributed by atoms with E-state index in [-0.39, 0.29) is 21.3 Å². The first kappa shape index (κ1) is 15.3. The Balaban J connectivity index is 2.26. The lowest BCUT2D eigenvalue weighted by atomic mass is 10.1. The molecule has 1 aromatic carbocycles. The van der Waals surface area contributed by atoms with Gasteiger partial charge in [0.05, 0.1) is 16.1 Å². The van der Waals surface area contributed by atoms with E-state index >= 15 is 0 Å². The highest BCUT2D eigenvalue weighted by Crippen LogP contribution is 2.21. The van der Waals surface area contributed by atoms with Gasteiger partial charge in [0.15, 0.2) is 0 Å². The standard InChI is InChI=1S/C14H10Cl2N2O3/c1-7-4-8(2-3-9(7)14(20)21)18-13(19)10-5-12(16)17-6-11(10)15/h2-6H,1H3,(H,18,19)(H,20,21). The van der Waals surface area contributed by atoms with Crippen molar-refractivity contribution in [2.75, 3.05) is 5.32 Å². The molecule has 108 valence electrons. The Bertz CT molecular complexity index is 732. The van der Waals surface area contributed by atoms with Crippen LogP contribution >= 0.6 is 23.2 Å². The van der Waals surface area contributed by atoms with Crippen LogP contribution in [0.1, 0.15) is 26.3 Å². The van der Waals surface area contributed by atoms with Crippen LogP contribution in [0.4, 0.5) is 5.69 Å². The van der Waals surface area contributed by atoms with Gasteiger partial charge in [-0.05, 0) is 36.8 Å². The number of amides is 1. The van der Waals surface area contributed by atoms with Crippen molar-refractivity contribution in [2.45, 2.75) is 6.92 Å². The molecule has 0 spiro atoms. The first-order valence-electron chi connectivity index (χ1n) is 5.85. The predicted octanol–water partition coefficient (Wildman–Crippen LogP) is 3.65. The number of nitrogens with one attached hydrogen (secondary N) is 1. The SMILES string of the molecule is Cc1cc(NC(=O)c2cc(Cl)ncc2Cl)ccc1C(=O)O. The Morgan fingerprint density at radius 1 is 1.19 bits per heavy atom. The Labute approximate surface area is 130 Å². The summed E-state index contributed by atoms with van der Waals surface area (Å²) in [4.78, 5) is 26.8. The smallest absolute Gasteiger partial charge is 0.335 e. The molecule has 0 fully saturated rings. The summed E-state index contributed by atoms with van der Waals surface area (Å²) in [7, 11) is 0. The van der Waals surface area contributed by atoms with Gasteiger partial charge in [-0.3, -0.25) is 4.79 Å². The van der Waals surface area contributed by atoms with E-state index < -0.39 is 11.9 Å². The molecule has 2 rings (SSSR count). The maximum absolute atomic E-state index is 12.1. The summed E-state index contributed by atoms with van der Waals surface area (Å²) in [6.07, 6.45) is 1.29. The van der Waals surface area contributed by atoms with Gasteiger partial charge in [-0.2, -0.15) is 0 Å². The number of hydrogen-bond donors (Lipinski definition) is 2. The fourth-order valence-corrected chi connectivity index (χ4v) is 2.11. The number of carbonyl (C=O) groups is 2. The highest BCUT2D eigenvalue weighted by molar-refractivity contribution is 6.35. The monoisotopic (exact) mass is 324 g/mol. The molecule has 7 heteroatoms. The number of carboxylic acids is 1. The molecule has 0 aliphatic rings. The van der Waals surface area contributed by atoms with Crippen LogP contribution in [-0.2, 0) is 0 Å². The number of aromatic nitrogens is 1. The van der Waals surface area contributed by atoms with Crippen LogP contribution in [0.3, 0.4) is 0 Å². The Hall–Kier alpha value is -2.11. The van der Waals surface area contributed by atoms with Gasteiger partial charge in [-0.25, -0.2) is 9.78 Å². The number of carbonyl (C=O) groups excluding carboxylic acids is 1. The van der Waals surface area contributed by atoms with Crippen LogP contribution in [0.15, 0.2) is 30.5 Å². The van der Waals surface area contributed by atoms with Crippen LogP contribution in [0, 0.1) is 6.92 Å². The molecule has 0 unspecified atom stereocenters. The summed E-state index contributed by atoms with van der Waals surface area (Å²) >= 11 is 11.6. The average Bonchev–Trinajstić information content (AvgIpc) is 2.41. The lowest BCUT2D eigenvalue weighted by Gasteiger charge is -2.09. The highest BCUT2D eigenvalue weighted by Gasteiger charge is 2.13. The number of aromatic carboxylic acids is 1. The molecule has 0 saturated heterocycles. The Kier molecular flexibility index (Phi) is 4.45. The second-order valence-corrected chi connectivity index (χ2v) is 5.07. The molecule has 1 aromatic heterocycles. The van der Waals surface area contributed by atoms with Crippen LogP contribution in [0.2, 0.25) is 10.2 Å². The Morgan fingerprint density at radius 3 is 2.52 bits per heavy atom. The van der Waals surface area contributed by atoms with Crippen molar-refractivity contribution in [3.63, 3.8) is 0 Å². The molecule has 0 saturated carbocycles. The van der Waals surface area contributed by atoms with Crippen LogP contribution in [0.5, 0.6) is 0 Å². The molecule has 5 nitrogen and oxygen atoms in total. The van der Waals surface area contributed by atoms with Crippen molar-refractivity contribution in [2.24, 2.45) is 0 Å². The summed E-state index contributed by atoms with van der Waals surface area (Å²) in [5, 5.41) is 11.9. The third-order valence-electron chi connectivity index (χ3n) is 2.78.